The Kier molecular flexibility index (Phi) is 7.50. The molecule has 2 rings (SSSR count). The summed E-state index contributed by atoms with van der Waals surface area (Å²) in [6, 6.07) is 2.58. The molecule has 1 aromatic carbocycles. The van der Waals surface area contributed by atoms with Gasteiger partial charge in [-0.25, -0.2) is 0 Å². The number of halogens is 3. The fourth-order valence-electron chi connectivity index (χ4n) is 2.31. The van der Waals surface area contributed by atoms with E-state index in [0.717, 1.165) is 5.75 Å². The van der Waals surface area contributed by atoms with Crippen LogP contribution in [0.5, 0.6) is 0 Å². The molecule has 0 unspecified atom stereocenters. The predicted molar refractivity (Wildman–Crippen MR) is 99.4 cm³/mol. The van der Waals surface area contributed by atoms with Crippen LogP contribution in [0.1, 0.15) is 6.92 Å². The number of hydrogen-bond acceptors (Lipinski definition) is 5. The van der Waals surface area contributed by atoms with Gasteiger partial charge in [0.25, 0.3) is 0 Å². The van der Waals surface area contributed by atoms with Gasteiger partial charge < -0.3 is 10.1 Å². The smallest absolute Gasteiger partial charge is 0.324 e. The van der Waals surface area contributed by atoms with E-state index in [1.165, 1.54) is 12.1 Å². The lowest BCUT2D eigenvalue weighted by molar-refractivity contribution is -0.148. The summed E-state index contributed by atoms with van der Waals surface area (Å²) in [6.07, 6.45) is 0. The quantitative estimate of drug-likeness (QED) is 0.751. The number of nitrogens with one attached hydrogen (secondary N) is 1. The van der Waals surface area contributed by atoms with Crippen molar-refractivity contribution in [3.8, 4) is 0 Å². The molecule has 5 nitrogen and oxygen atoms in total. The standard InChI is InChI=1S/C15H17Cl3N2O3S/c1-2-23-15(22)12-8-24-4-3-20(12)7-13(21)19-14-10(17)5-9(16)6-11(14)18/h5-6,12H,2-4,7-8H2,1H3,(H,19,21)/t12-/m1/s1. The van der Waals surface area contributed by atoms with Crippen molar-refractivity contribution in [1.82, 2.24) is 4.90 Å². The summed E-state index contributed by atoms with van der Waals surface area (Å²) in [5.41, 5.74) is 0.312. The number of esters is 1. The highest BCUT2D eigenvalue weighted by atomic mass is 35.5. The van der Waals surface area contributed by atoms with E-state index in [0.29, 0.717) is 29.6 Å². The monoisotopic (exact) mass is 410 g/mol. The molecule has 1 aliphatic rings. The SMILES string of the molecule is CCOC(=O)[C@H]1CSCCN1CC(=O)Nc1c(Cl)cc(Cl)cc1Cl. The largest absolute Gasteiger partial charge is 0.465 e. The molecule has 0 saturated carbocycles. The second kappa shape index (κ2) is 9.15. The molecule has 24 heavy (non-hydrogen) atoms. The van der Waals surface area contributed by atoms with Crippen LogP contribution in [0.4, 0.5) is 5.69 Å². The molecule has 0 aromatic heterocycles. The first kappa shape index (κ1) is 19.7. The van der Waals surface area contributed by atoms with E-state index >= 15 is 0 Å². The second-order valence-corrected chi connectivity index (χ2v) is 7.51. The van der Waals surface area contributed by atoms with E-state index in [9.17, 15) is 9.59 Å². The number of nitrogens with zero attached hydrogens (tertiary/aromatic N) is 1. The van der Waals surface area contributed by atoms with Gasteiger partial charge >= 0.3 is 5.97 Å². The number of rotatable bonds is 5. The van der Waals surface area contributed by atoms with Crippen molar-refractivity contribution < 1.29 is 14.3 Å². The van der Waals surface area contributed by atoms with Crippen LogP contribution in [0.25, 0.3) is 0 Å². The highest BCUT2D eigenvalue weighted by Crippen LogP contribution is 2.33. The number of benzene rings is 1. The van der Waals surface area contributed by atoms with Crippen LogP contribution >= 0.6 is 46.6 Å². The number of hydrogen-bond donors (Lipinski definition) is 1. The Hall–Kier alpha value is -0.660. The van der Waals surface area contributed by atoms with Crippen LogP contribution < -0.4 is 5.32 Å². The summed E-state index contributed by atoms with van der Waals surface area (Å²) >= 11 is 19.7. The molecule has 1 heterocycles. The van der Waals surface area contributed by atoms with Crippen LogP contribution in [0.2, 0.25) is 15.1 Å². The lowest BCUT2D eigenvalue weighted by Crippen LogP contribution is -2.50. The molecule has 0 bridgehead atoms. The van der Waals surface area contributed by atoms with Gasteiger partial charge in [0.15, 0.2) is 0 Å². The normalized spacial score (nSPS) is 18.2. The van der Waals surface area contributed by atoms with Crippen molar-refractivity contribution in [2.24, 2.45) is 0 Å². The number of carbonyl (C=O) groups excluding carboxylic acids is 2. The topological polar surface area (TPSA) is 58.6 Å². The number of thioether (sulfide) groups is 1. The average molecular weight is 412 g/mol. The Morgan fingerprint density at radius 3 is 2.62 bits per heavy atom. The molecule has 1 N–H and O–H groups in total. The minimum Gasteiger partial charge on any atom is -0.465 e. The molecule has 1 saturated heterocycles. The molecular weight excluding hydrogens is 395 g/mol. The van der Waals surface area contributed by atoms with Crippen molar-refractivity contribution >= 4 is 64.1 Å². The zero-order chi connectivity index (χ0) is 17.7. The van der Waals surface area contributed by atoms with Gasteiger partial charge in [0, 0.05) is 23.1 Å². The van der Waals surface area contributed by atoms with Crippen molar-refractivity contribution in [3.05, 3.63) is 27.2 Å². The van der Waals surface area contributed by atoms with Crippen LogP contribution in [0.3, 0.4) is 0 Å². The number of anilines is 1. The first-order valence-corrected chi connectivity index (χ1v) is 9.64. The molecule has 0 radical (unpaired) electrons. The van der Waals surface area contributed by atoms with Crippen molar-refractivity contribution in [3.63, 3.8) is 0 Å². The van der Waals surface area contributed by atoms with E-state index in [4.69, 9.17) is 39.5 Å². The maximum absolute atomic E-state index is 12.3. The van der Waals surface area contributed by atoms with E-state index in [1.54, 1.807) is 18.7 Å². The lowest BCUT2D eigenvalue weighted by atomic mass is 10.2. The summed E-state index contributed by atoms with van der Waals surface area (Å²) < 4.78 is 5.08. The van der Waals surface area contributed by atoms with Crippen molar-refractivity contribution in [2.45, 2.75) is 13.0 Å². The molecule has 1 fully saturated rings. The lowest BCUT2D eigenvalue weighted by Gasteiger charge is -2.32. The third-order valence-corrected chi connectivity index (χ3v) is 5.25. The molecular formula is C15H17Cl3N2O3S. The molecule has 0 aliphatic carbocycles. The van der Waals surface area contributed by atoms with Gasteiger partial charge in [0.1, 0.15) is 6.04 Å². The zero-order valence-corrected chi connectivity index (χ0v) is 16.1. The Balaban J connectivity index is 2.04. The van der Waals surface area contributed by atoms with Gasteiger partial charge in [-0.05, 0) is 19.1 Å². The third kappa shape index (κ3) is 5.17. The Morgan fingerprint density at radius 2 is 2.00 bits per heavy atom. The molecule has 1 amide bonds. The molecule has 9 heteroatoms. The highest BCUT2D eigenvalue weighted by Gasteiger charge is 2.31. The predicted octanol–water partition coefficient (Wildman–Crippen LogP) is 3.57. The number of ether oxygens (including phenoxy) is 1. The minimum atomic E-state index is -0.425. The van der Waals surface area contributed by atoms with Gasteiger partial charge in [-0.15, -0.1) is 0 Å². The fourth-order valence-corrected chi connectivity index (χ4v) is 4.32. The summed E-state index contributed by atoms with van der Waals surface area (Å²) in [5.74, 6) is 0.850. The van der Waals surface area contributed by atoms with Crippen molar-refractivity contribution in [1.29, 1.82) is 0 Å². The van der Waals surface area contributed by atoms with Gasteiger partial charge in [0.2, 0.25) is 5.91 Å². The number of carbonyl (C=O) groups is 2. The second-order valence-electron chi connectivity index (χ2n) is 5.11. The zero-order valence-electron chi connectivity index (χ0n) is 13.0. The summed E-state index contributed by atoms with van der Waals surface area (Å²) in [4.78, 5) is 26.2. The van der Waals surface area contributed by atoms with Crippen LogP contribution in [-0.4, -0.2) is 54.0 Å². The van der Waals surface area contributed by atoms with Gasteiger partial charge in [-0.1, -0.05) is 34.8 Å². The van der Waals surface area contributed by atoms with Gasteiger partial charge in [-0.3, -0.25) is 14.5 Å². The van der Waals surface area contributed by atoms with Crippen LogP contribution in [-0.2, 0) is 14.3 Å². The van der Waals surface area contributed by atoms with Gasteiger partial charge in [0.05, 0.1) is 28.9 Å². The van der Waals surface area contributed by atoms with E-state index in [2.05, 4.69) is 5.32 Å². The third-order valence-electron chi connectivity index (χ3n) is 3.42. The Morgan fingerprint density at radius 1 is 1.33 bits per heavy atom. The Bertz CT molecular complexity index is 607. The first-order valence-electron chi connectivity index (χ1n) is 7.35. The maximum Gasteiger partial charge on any atom is 0.324 e. The maximum atomic E-state index is 12.3. The summed E-state index contributed by atoms with van der Waals surface area (Å²) in [7, 11) is 0. The highest BCUT2D eigenvalue weighted by molar-refractivity contribution is 7.99. The molecule has 1 atom stereocenters. The van der Waals surface area contributed by atoms with E-state index < -0.39 is 6.04 Å². The average Bonchev–Trinajstić information content (AvgIpc) is 2.51. The molecule has 132 valence electrons. The van der Waals surface area contributed by atoms with Gasteiger partial charge in [-0.2, -0.15) is 11.8 Å². The van der Waals surface area contributed by atoms with Crippen LogP contribution in [0, 0.1) is 0 Å². The van der Waals surface area contributed by atoms with Crippen molar-refractivity contribution in [2.75, 3.05) is 36.5 Å². The number of amides is 1. The van der Waals surface area contributed by atoms with Crippen LogP contribution in [0.15, 0.2) is 12.1 Å². The van der Waals surface area contributed by atoms with E-state index in [-0.39, 0.29) is 28.5 Å². The molecule has 1 aromatic rings. The Labute approximate surface area is 159 Å². The minimum absolute atomic E-state index is 0.0549. The van der Waals surface area contributed by atoms with E-state index in [1.807, 2.05) is 4.90 Å². The molecule has 0 spiro atoms. The summed E-state index contributed by atoms with van der Waals surface area (Å²) in [6.45, 7) is 2.76. The molecule has 1 aliphatic heterocycles. The summed E-state index contributed by atoms with van der Waals surface area (Å²) in [5, 5.41) is 3.59. The fraction of sp³-hybridized carbons (Fsp3) is 0.467. The first-order chi connectivity index (χ1) is 11.4.